The average Bonchev–Trinajstić information content (AvgIpc) is 3.07. The summed E-state index contributed by atoms with van der Waals surface area (Å²) in [6.45, 7) is 7.62. The average molecular weight is 465 g/mol. The summed E-state index contributed by atoms with van der Waals surface area (Å²) in [6.07, 6.45) is 0. The number of carbonyl (C=O) groups is 3. The lowest BCUT2D eigenvalue weighted by molar-refractivity contribution is -0.112. The molecule has 0 bridgehead atoms. The summed E-state index contributed by atoms with van der Waals surface area (Å²) in [7, 11) is 1.71. The molecule has 0 saturated heterocycles. The summed E-state index contributed by atoms with van der Waals surface area (Å²) in [4.78, 5) is 38.4. The maximum atomic E-state index is 12.9. The van der Waals surface area contributed by atoms with Gasteiger partial charge in [0.05, 0.1) is 35.8 Å². The summed E-state index contributed by atoms with van der Waals surface area (Å²) >= 11 is 0. The van der Waals surface area contributed by atoms with Gasteiger partial charge < -0.3 is 20.1 Å². The van der Waals surface area contributed by atoms with Gasteiger partial charge in [-0.3, -0.25) is 19.1 Å². The fraction of sp³-hybridized carbons (Fsp3) is 0.280. The highest BCUT2D eigenvalue weighted by Crippen LogP contribution is 2.37. The van der Waals surface area contributed by atoms with Gasteiger partial charge in [-0.25, -0.2) is 0 Å². The molecule has 178 valence electrons. The van der Waals surface area contributed by atoms with Gasteiger partial charge in [0.25, 0.3) is 17.6 Å². The molecule has 0 aliphatic rings. The molecule has 0 aliphatic carbocycles. The molecule has 1 aromatic heterocycles. The number of aryl methyl sites for hydroxylation is 2. The normalized spacial score (nSPS) is 10.5. The highest BCUT2D eigenvalue weighted by Gasteiger charge is 2.25. The fourth-order valence-electron chi connectivity index (χ4n) is 3.48. The van der Waals surface area contributed by atoms with Crippen molar-refractivity contribution in [3.8, 4) is 11.5 Å². The first-order chi connectivity index (χ1) is 16.3. The van der Waals surface area contributed by atoms with E-state index < -0.39 is 11.7 Å². The number of rotatable bonds is 9. The Morgan fingerprint density at radius 1 is 0.912 bits per heavy atom. The molecule has 0 unspecified atom stereocenters. The molecule has 1 heterocycles. The number of amides is 2. The van der Waals surface area contributed by atoms with Crippen molar-refractivity contribution in [2.75, 3.05) is 23.8 Å². The van der Waals surface area contributed by atoms with Crippen LogP contribution >= 0.6 is 0 Å². The van der Waals surface area contributed by atoms with E-state index in [1.165, 1.54) is 6.07 Å². The van der Waals surface area contributed by atoms with Crippen LogP contribution in [0.4, 0.5) is 11.4 Å². The molecule has 0 spiro atoms. The van der Waals surface area contributed by atoms with E-state index in [-0.39, 0.29) is 22.9 Å². The first-order valence-electron chi connectivity index (χ1n) is 10.9. The predicted molar refractivity (Wildman–Crippen MR) is 129 cm³/mol. The van der Waals surface area contributed by atoms with E-state index in [1.54, 1.807) is 69.8 Å². The van der Waals surface area contributed by atoms with E-state index in [4.69, 9.17) is 9.47 Å². The van der Waals surface area contributed by atoms with Crippen LogP contribution in [0.3, 0.4) is 0 Å². The largest absolute Gasteiger partial charge is 0.492 e. The molecule has 0 aliphatic heterocycles. The van der Waals surface area contributed by atoms with Gasteiger partial charge in [-0.1, -0.05) is 18.2 Å². The zero-order valence-corrected chi connectivity index (χ0v) is 19.9. The first kappa shape index (κ1) is 24.5. The molecule has 9 heteroatoms. The summed E-state index contributed by atoms with van der Waals surface area (Å²) in [5, 5.41) is 9.65. The zero-order valence-electron chi connectivity index (χ0n) is 19.9. The highest BCUT2D eigenvalue weighted by atomic mass is 16.5. The lowest BCUT2D eigenvalue weighted by Crippen LogP contribution is -2.24. The second-order valence-electron chi connectivity index (χ2n) is 7.48. The molecule has 3 aromatic rings. The van der Waals surface area contributed by atoms with Crippen LogP contribution in [0.25, 0.3) is 0 Å². The summed E-state index contributed by atoms with van der Waals surface area (Å²) < 4.78 is 12.9. The second kappa shape index (κ2) is 10.7. The minimum atomic E-state index is -0.830. The molecule has 0 atom stereocenters. The number of hydrogen-bond donors (Lipinski definition) is 2. The Bertz CT molecular complexity index is 1220. The van der Waals surface area contributed by atoms with Crippen molar-refractivity contribution in [2.45, 2.75) is 27.7 Å². The second-order valence-corrected chi connectivity index (χ2v) is 7.48. The summed E-state index contributed by atoms with van der Waals surface area (Å²) in [6, 6.07) is 11.8. The van der Waals surface area contributed by atoms with E-state index in [9.17, 15) is 14.4 Å². The predicted octanol–water partition coefficient (Wildman–Crippen LogP) is 3.91. The number of hydrogen-bond acceptors (Lipinski definition) is 6. The van der Waals surface area contributed by atoms with Crippen LogP contribution < -0.4 is 20.1 Å². The van der Waals surface area contributed by atoms with Crippen LogP contribution in [0.1, 0.15) is 46.0 Å². The summed E-state index contributed by atoms with van der Waals surface area (Å²) in [5.41, 5.74) is 2.43. The Kier molecular flexibility index (Phi) is 7.68. The van der Waals surface area contributed by atoms with Crippen LogP contribution in [0, 0.1) is 13.8 Å². The molecular formula is C25H28N4O5. The molecule has 0 fully saturated rings. The topological polar surface area (TPSA) is 112 Å². The lowest BCUT2D eigenvalue weighted by atomic mass is 10.1. The Morgan fingerprint density at radius 3 is 1.97 bits per heavy atom. The molecule has 2 aromatic carbocycles. The van der Waals surface area contributed by atoms with Crippen molar-refractivity contribution in [1.82, 2.24) is 9.78 Å². The van der Waals surface area contributed by atoms with Crippen LogP contribution in [0.15, 0.2) is 42.5 Å². The molecule has 34 heavy (non-hydrogen) atoms. The van der Waals surface area contributed by atoms with Crippen molar-refractivity contribution in [2.24, 2.45) is 7.05 Å². The van der Waals surface area contributed by atoms with Crippen LogP contribution in [-0.2, 0) is 11.8 Å². The Hall–Kier alpha value is -4.14. The zero-order chi connectivity index (χ0) is 24.8. The van der Waals surface area contributed by atoms with Gasteiger partial charge in [-0.15, -0.1) is 0 Å². The molecule has 2 amide bonds. The minimum absolute atomic E-state index is 0.251. The van der Waals surface area contributed by atoms with Crippen molar-refractivity contribution < 1.29 is 23.9 Å². The van der Waals surface area contributed by atoms with Gasteiger partial charge in [-0.2, -0.15) is 5.10 Å². The third kappa shape index (κ3) is 5.25. The van der Waals surface area contributed by atoms with Crippen molar-refractivity contribution in [1.29, 1.82) is 0 Å². The van der Waals surface area contributed by atoms with E-state index in [2.05, 4.69) is 15.7 Å². The maximum absolute atomic E-state index is 12.9. The minimum Gasteiger partial charge on any atom is -0.492 e. The number of nitrogens with zero attached hydrogens (tertiary/aromatic N) is 2. The van der Waals surface area contributed by atoms with Gasteiger partial charge in [0.1, 0.15) is 11.5 Å². The number of nitrogens with one attached hydrogen (secondary N) is 2. The van der Waals surface area contributed by atoms with Gasteiger partial charge in [-0.05, 0) is 39.8 Å². The van der Waals surface area contributed by atoms with Crippen molar-refractivity contribution in [3.63, 3.8) is 0 Å². The number of Topliss-reactive ketones (excluding diaryl/α,β-unsaturated/α-hetero) is 1. The quantitative estimate of drug-likeness (QED) is 0.367. The Labute approximate surface area is 198 Å². The SMILES string of the molecule is CCOc1cc(NC(=O)c2ccccc2)c(OCC)cc1NC(=O)C(=O)c1c(C)nn(C)c1C. The molecule has 0 radical (unpaired) electrons. The first-order valence-corrected chi connectivity index (χ1v) is 10.9. The van der Waals surface area contributed by atoms with Crippen molar-refractivity contribution in [3.05, 3.63) is 65.0 Å². The number of anilines is 2. The molecule has 9 nitrogen and oxygen atoms in total. The van der Waals surface area contributed by atoms with Crippen LogP contribution in [0.5, 0.6) is 11.5 Å². The molecular weight excluding hydrogens is 436 g/mol. The fourth-order valence-corrected chi connectivity index (χ4v) is 3.48. The van der Waals surface area contributed by atoms with E-state index in [1.807, 2.05) is 6.07 Å². The van der Waals surface area contributed by atoms with Gasteiger partial charge in [0.2, 0.25) is 0 Å². The smallest absolute Gasteiger partial charge is 0.297 e. The molecule has 3 rings (SSSR count). The third-order valence-electron chi connectivity index (χ3n) is 5.16. The maximum Gasteiger partial charge on any atom is 0.297 e. The number of aromatic nitrogens is 2. The highest BCUT2D eigenvalue weighted by molar-refractivity contribution is 6.47. The van der Waals surface area contributed by atoms with E-state index in [0.29, 0.717) is 41.6 Å². The Morgan fingerprint density at radius 2 is 1.47 bits per heavy atom. The monoisotopic (exact) mass is 464 g/mol. The van der Waals surface area contributed by atoms with Gasteiger partial charge in [0, 0.05) is 30.4 Å². The number of carbonyl (C=O) groups excluding carboxylic acids is 3. The van der Waals surface area contributed by atoms with Crippen LogP contribution in [0.2, 0.25) is 0 Å². The molecule has 2 N–H and O–H groups in total. The number of ether oxygens (including phenoxy) is 2. The third-order valence-corrected chi connectivity index (χ3v) is 5.16. The van der Waals surface area contributed by atoms with Gasteiger partial charge in [0.15, 0.2) is 0 Å². The van der Waals surface area contributed by atoms with Crippen molar-refractivity contribution >= 4 is 29.0 Å². The van der Waals surface area contributed by atoms with E-state index >= 15 is 0 Å². The number of benzene rings is 2. The number of ketones is 1. The Balaban J connectivity index is 1.93. The van der Waals surface area contributed by atoms with Gasteiger partial charge >= 0.3 is 0 Å². The van der Waals surface area contributed by atoms with E-state index in [0.717, 1.165) is 0 Å². The lowest BCUT2D eigenvalue weighted by Gasteiger charge is -2.17. The molecule has 0 saturated carbocycles. The summed E-state index contributed by atoms with van der Waals surface area (Å²) in [5.74, 6) is -1.24. The standard InChI is InChI=1S/C25H28N4O5/c1-6-33-20-14-19(27-25(32)23(30)22-15(3)28-29(5)16(22)4)21(34-7-2)13-18(20)26-24(31)17-11-9-8-10-12-17/h8-14H,6-7H2,1-5H3,(H,26,31)(H,27,32). The van der Waals surface area contributed by atoms with Crippen LogP contribution in [-0.4, -0.2) is 40.6 Å².